The second-order valence-electron chi connectivity index (χ2n) is 11.8. The van der Waals surface area contributed by atoms with Gasteiger partial charge in [0.2, 0.25) is 11.8 Å². The summed E-state index contributed by atoms with van der Waals surface area (Å²) < 4.78 is 1.02. The van der Waals surface area contributed by atoms with Gasteiger partial charge in [-0.2, -0.15) is 0 Å². The molecular formula is C35H35N3O4S. The van der Waals surface area contributed by atoms with Gasteiger partial charge in [-0.25, -0.2) is 0 Å². The molecule has 0 bridgehead atoms. The summed E-state index contributed by atoms with van der Waals surface area (Å²) >= 11 is 1.51. The summed E-state index contributed by atoms with van der Waals surface area (Å²) in [5.74, 6) is -1.29. The number of benzene rings is 3. The minimum atomic E-state index is -0.792. The van der Waals surface area contributed by atoms with Gasteiger partial charge in [-0.1, -0.05) is 92.7 Å². The Morgan fingerprint density at radius 2 is 1.51 bits per heavy atom. The Labute approximate surface area is 255 Å². The fraction of sp³-hybridized carbons (Fsp3) is 0.314. The zero-order valence-corrected chi connectivity index (χ0v) is 25.1. The summed E-state index contributed by atoms with van der Waals surface area (Å²) in [6.07, 6.45) is 0.960. The highest BCUT2D eigenvalue weighted by atomic mass is 32.1. The Balaban J connectivity index is 1.23. The van der Waals surface area contributed by atoms with Gasteiger partial charge >= 0.3 is 0 Å². The number of nitrogens with zero attached hydrogens (tertiary/aromatic N) is 2. The van der Waals surface area contributed by atoms with E-state index in [2.05, 4.69) is 5.32 Å². The Morgan fingerprint density at radius 1 is 0.884 bits per heavy atom. The highest BCUT2D eigenvalue weighted by Gasteiger charge is 2.52. The van der Waals surface area contributed by atoms with E-state index in [1.165, 1.54) is 11.3 Å². The molecule has 8 heteroatoms. The summed E-state index contributed by atoms with van der Waals surface area (Å²) in [5.41, 5.74) is 2.27. The first-order valence-electron chi connectivity index (χ1n) is 14.8. The van der Waals surface area contributed by atoms with Crippen LogP contribution in [0.3, 0.4) is 0 Å². The molecule has 2 fully saturated rings. The fourth-order valence-corrected chi connectivity index (χ4v) is 7.51. The SMILES string of the molecule is CC(C)CC(NC(=O)C(c1ccccc1)c1ccccc1)C(=O)N1CCC2C1C(=O)CN2C(=O)c1csc2ccccc12. The van der Waals surface area contributed by atoms with Crippen LogP contribution in [0.2, 0.25) is 0 Å². The maximum absolute atomic E-state index is 14.1. The minimum Gasteiger partial charge on any atom is -0.343 e. The van der Waals surface area contributed by atoms with E-state index in [4.69, 9.17) is 0 Å². The van der Waals surface area contributed by atoms with Gasteiger partial charge in [0.25, 0.3) is 5.91 Å². The molecule has 1 N–H and O–H groups in total. The van der Waals surface area contributed by atoms with Crippen molar-refractivity contribution in [1.29, 1.82) is 0 Å². The van der Waals surface area contributed by atoms with E-state index in [-0.39, 0.29) is 42.0 Å². The molecule has 43 heavy (non-hydrogen) atoms. The predicted molar refractivity (Wildman–Crippen MR) is 168 cm³/mol. The Hall–Kier alpha value is -4.30. The number of fused-ring (bicyclic) bond motifs is 2. The lowest BCUT2D eigenvalue weighted by Gasteiger charge is -2.30. The van der Waals surface area contributed by atoms with Crippen molar-refractivity contribution < 1.29 is 19.2 Å². The van der Waals surface area contributed by atoms with Gasteiger partial charge in [0, 0.05) is 22.0 Å². The van der Waals surface area contributed by atoms with Crippen molar-refractivity contribution >= 4 is 44.9 Å². The average molecular weight is 594 g/mol. The van der Waals surface area contributed by atoms with Gasteiger partial charge in [-0.15, -0.1) is 11.3 Å². The number of nitrogens with one attached hydrogen (secondary N) is 1. The molecule has 220 valence electrons. The second kappa shape index (κ2) is 12.1. The van der Waals surface area contributed by atoms with Crippen LogP contribution in [0.5, 0.6) is 0 Å². The van der Waals surface area contributed by atoms with Gasteiger partial charge in [0.1, 0.15) is 12.1 Å². The first-order chi connectivity index (χ1) is 20.8. The summed E-state index contributed by atoms with van der Waals surface area (Å²) in [4.78, 5) is 58.4. The maximum atomic E-state index is 14.1. The van der Waals surface area contributed by atoms with Crippen molar-refractivity contribution in [3.05, 3.63) is 107 Å². The van der Waals surface area contributed by atoms with Crippen molar-refractivity contribution in [2.24, 2.45) is 5.92 Å². The monoisotopic (exact) mass is 593 g/mol. The van der Waals surface area contributed by atoms with E-state index in [9.17, 15) is 19.2 Å². The minimum absolute atomic E-state index is 0.0204. The van der Waals surface area contributed by atoms with E-state index in [1.54, 1.807) is 9.80 Å². The molecule has 6 rings (SSSR count). The zero-order valence-electron chi connectivity index (χ0n) is 24.3. The normalized spacial score (nSPS) is 18.8. The first-order valence-corrected chi connectivity index (χ1v) is 15.7. The number of hydrogen-bond acceptors (Lipinski definition) is 5. The number of thiophene rings is 1. The highest BCUT2D eigenvalue weighted by molar-refractivity contribution is 7.17. The molecule has 3 atom stereocenters. The smallest absolute Gasteiger partial charge is 0.256 e. The van der Waals surface area contributed by atoms with E-state index in [1.807, 2.05) is 104 Å². The molecule has 7 nitrogen and oxygen atoms in total. The lowest BCUT2D eigenvalue weighted by molar-refractivity contribution is -0.140. The van der Waals surface area contributed by atoms with Crippen LogP contribution in [0.25, 0.3) is 10.1 Å². The van der Waals surface area contributed by atoms with Crippen LogP contribution in [0.15, 0.2) is 90.3 Å². The Kier molecular flexibility index (Phi) is 8.13. The number of rotatable bonds is 8. The summed E-state index contributed by atoms with van der Waals surface area (Å²) in [6, 6.07) is 25.0. The van der Waals surface area contributed by atoms with Gasteiger partial charge in [0.05, 0.1) is 24.1 Å². The summed E-state index contributed by atoms with van der Waals surface area (Å²) in [6.45, 7) is 4.36. The fourth-order valence-electron chi connectivity index (χ4n) is 6.57. The Bertz CT molecular complexity index is 1610. The lowest BCUT2D eigenvalue weighted by atomic mass is 9.90. The van der Waals surface area contributed by atoms with Crippen LogP contribution >= 0.6 is 11.3 Å². The molecule has 3 aromatic carbocycles. The molecule has 0 radical (unpaired) electrons. The molecule has 3 amide bonds. The molecule has 1 aromatic heterocycles. The van der Waals surface area contributed by atoms with Gasteiger partial charge in [-0.3, -0.25) is 19.2 Å². The van der Waals surface area contributed by atoms with Crippen LogP contribution in [-0.4, -0.2) is 64.5 Å². The average Bonchev–Trinajstić information content (AvgIpc) is 3.72. The van der Waals surface area contributed by atoms with E-state index in [0.717, 1.165) is 21.2 Å². The molecule has 0 saturated carbocycles. The third-order valence-corrected chi connectivity index (χ3v) is 9.49. The first kappa shape index (κ1) is 28.8. The molecule has 3 unspecified atom stereocenters. The highest BCUT2D eigenvalue weighted by Crippen LogP contribution is 2.34. The predicted octanol–water partition coefficient (Wildman–Crippen LogP) is 5.26. The number of amides is 3. The van der Waals surface area contributed by atoms with Crippen LogP contribution in [0.4, 0.5) is 0 Å². The molecule has 3 heterocycles. The van der Waals surface area contributed by atoms with E-state index < -0.39 is 18.0 Å². The van der Waals surface area contributed by atoms with Crippen molar-refractivity contribution in [2.45, 2.75) is 50.7 Å². The second-order valence-corrected chi connectivity index (χ2v) is 12.7. The van der Waals surface area contributed by atoms with Crippen molar-refractivity contribution in [1.82, 2.24) is 15.1 Å². The third-order valence-electron chi connectivity index (χ3n) is 8.53. The molecule has 2 aliphatic heterocycles. The van der Waals surface area contributed by atoms with Crippen LogP contribution in [0, 0.1) is 5.92 Å². The number of ketones is 1. The molecule has 0 spiro atoms. The molecule has 4 aromatic rings. The van der Waals surface area contributed by atoms with Crippen molar-refractivity contribution in [3.63, 3.8) is 0 Å². The van der Waals surface area contributed by atoms with Crippen LogP contribution in [0.1, 0.15) is 54.1 Å². The molecule has 0 aliphatic carbocycles. The third kappa shape index (κ3) is 5.59. The van der Waals surface area contributed by atoms with Crippen LogP contribution in [-0.2, 0) is 14.4 Å². The summed E-state index contributed by atoms with van der Waals surface area (Å²) in [5, 5.41) is 5.81. The Morgan fingerprint density at radius 3 is 2.16 bits per heavy atom. The number of hydrogen-bond donors (Lipinski definition) is 1. The van der Waals surface area contributed by atoms with E-state index in [0.29, 0.717) is 24.9 Å². The summed E-state index contributed by atoms with van der Waals surface area (Å²) in [7, 11) is 0. The molecule has 2 aliphatic rings. The van der Waals surface area contributed by atoms with Gasteiger partial charge in [0.15, 0.2) is 5.78 Å². The van der Waals surface area contributed by atoms with Gasteiger partial charge in [-0.05, 0) is 36.0 Å². The number of carbonyl (C=O) groups is 4. The van der Waals surface area contributed by atoms with E-state index >= 15 is 0 Å². The standard InChI is InChI=1S/C35H35N3O4S/c1-22(2)19-27(36-33(40)31(23-11-5-3-6-12-23)24-13-7-4-8-14-24)35(42)37-18-17-28-32(37)29(39)20-38(28)34(41)26-21-43-30-16-10-9-15-25(26)30/h3-16,21-22,27-28,31-32H,17-20H2,1-2H3,(H,36,40). The van der Waals surface area contributed by atoms with Crippen molar-refractivity contribution in [3.8, 4) is 0 Å². The number of Topliss-reactive ketones (excluding diaryl/α,β-unsaturated/α-hetero) is 1. The lowest BCUT2D eigenvalue weighted by Crippen LogP contribution is -2.53. The topological polar surface area (TPSA) is 86.8 Å². The maximum Gasteiger partial charge on any atom is 0.256 e. The zero-order chi connectivity index (χ0) is 30.1. The number of likely N-dealkylation sites (tertiary alicyclic amines) is 2. The van der Waals surface area contributed by atoms with Crippen LogP contribution < -0.4 is 5.32 Å². The quantitative estimate of drug-likeness (QED) is 0.302. The molecular weight excluding hydrogens is 558 g/mol. The van der Waals surface area contributed by atoms with Crippen molar-refractivity contribution in [2.75, 3.05) is 13.1 Å². The largest absolute Gasteiger partial charge is 0.343 e. The number of carbonyl (C=O) groups excluding carboxylic acids is 4. The molecule has 2 saturated heterocycles. The van der Waals surface area contributed by atoms with Gasteiger partial charge < -0.3 is 15.1 Å².